The fraction of sp³-hybridized carbons (Fsp3) is 0.600. The van der Waals surface area contributed by atoms with Crippen LogP contribution in [0.4, 0.5) is 5.95 Å². The molecule has 2 heterocycles. The third-order valence-corrected chi connectivity index (χ3v) is 1.48. The third kappa shape index (κ3) is 1.34. The van der Waals surface area contributed by atoms with E-state index in [9.17, 15) is 0 Å². The number of aliphatic imine (C=N–C) groups is 1. The Morgan fingerprint density at radius 1 is 1.45 bits per heavy atom. The first-order chi connectivity index (χ1) is 5.45. The maximum atomic E-state index is 4.19. The van der Waals surface area contributed by atoms with E-state index in [1.165, 1.54) is 0 Å². The van der Waals surface area contributed by atoms with Crippen LogP contribution < -0.4 is 5.32 Å². The van der Waals surface area contributed by atoms with Gasteiger partial charge in [0.2, 0.25) is 0 Å². The lowest BCUT2D eigenvalue weighted by Crippen LogP contribution is -2.09. The average Bonchev–Trinajstić information content (AvgIpc) is 2.60. The monoisotopic (exact) mass is 152 g/mol. The maximum Gasteiger partial charge on any atom is 0.268 e. The number of amidine groups is 1. The van der Waals surface area contributed by atoms with Crippen molar-refractivity contribution in [3.8, 4) is 0 Å². The number of anilines is 1. The van der Waals surface area contributed by atoms with Crippen molar-refractivity contribution in [1.29, 1.82) is 0 Å². The number of tetrazole rings is 1. The number of H-pyrrole nitrogens is 1. The summed E-state index contributed by atoms with van der Waals surface area (Å²) in [6.07, 6.45) is 2.09. The SMILES string of the molecule is C1CN=C(Nc2nn[nH]n2)C1. The summed E-state index contributed by atoms with van der Waals surface area (Å²) in [4.78, 5) is 4.19. The fourth-order valence-electron chi connectivity index (χ4n) is 0.985. The predicted octanol–water partition coefficient (Wildman–Crippen LogP) is -0.196. The first kappa shape index (κ1) is 6.26. The molecule has 1 aliphatic rings. The van der Waals surface area contributed by atoms with Crippen LogP contribution in [-0.4, -0.2) is 33.0 Å². The molecule has 6 heteroatoms. The highest BCUT2D eigenvalue weighted by molar-refractivity contribution is 5.94. The molecule has 0 unspecified atom stereocenters. The van der Waals surface area contributed by atoms with Crippen LogP contribution in [-0.2, 0) is 0 Å². The van der Waals surface area contributed by atoms with Gasteiger partial charge in [0.05, 0.1) is 0 Å². The van der Waals surface area contributed by atoms with Gasteiger partial charge < -0.3 is 5.32 Å². The van der Waals surface area contributed by atoms with Gasteiger partial charge in [-0.05, 0) is 11.6 Å². The van der Waals surface area contributed by atoms with Gasteiger partial charge in [-0.25, -0.2) is 0 Å². The molecule has 0 spiro atoms. The zero-order valence-electron chi connectivity index (χ0n) is 5.91. The van der Waals surface area contributed by atoms with E-state index in [-0.39, 0.29) is 0 Å². The number of rotatable bonds is 1. The molecular formula is C5H8N6. The van der Waals surface area contributed by atoms with Crippen LogP contribution >= 0.6 is 0 Å². The van der Waals surface area contributed by atoms with Crippen LogP contribution in [0.25, 0.3) is 0 Å². The number of aromatic amines is 1. The van der Waals surface area contributed by atoms with E-state index < -0.39 is 0 Å². The minimum absolute atomic E-state index is 0.491. The topological polar surface area (TPSA) is 78.9 Å². The Balaban J connectivity index is 2.00. The van der Waals surface area contributed by atoms with Crippen molar-refractivity contribution in [2.45, 2.75) is 12.8 Å². The third-order valence-electron chi connectivity index (χ3n) is 1.48. The van der Waals surface area contributed by atoms with Crippen molar-refractivity contribution in [2.75, 3.05) is 11.9 Å². The van der Waals surface area contributed by atoms with E-state index in [0.29, 0.717) is 5.95 Å². The summed E-state index contributed by atoms with van der Waals surface area (Å²) in [5, 5.41) is 16.2. The van der Waals surface area contributed by atoms with Crippen molar-refractivity contribution in [3.63, 3.8) is 0 Å². The number of nitrogens with one attached hydrogen (secondary N) is 2. The van der Waals surface area contributed by atoms with Crippen molar-refractivity contribution in [2.24, 2.45) is 4.99 Å². The first-order valence-electron chi connectivity index (χ1n) is 3.49. The smallest absolute Gasteiger partial charge is 0.268 e. The Labute approximate surface area is 63.1 Å². The van der Waals surface area contributed by atoms with Gasteiger partial charge in [-0.2, -0.15) is 5.21 Å². The van der Waals surface area contributed by atoms with Crippen LogP contribution in [0.1, 0.15) is 12.8 Å². The molecule has 11 heavy (non-hydrogen) atoms. The first-order valence-corrected chi connectivity index (χ1v) is 3.49. The molecule has 1 aliphatic heterocycles. The zero-order valence-corrected chi connectivity index (χ0v) is 5.91. The quantitative estimate of drug-likeness (QED) is 0.584. The van der Waals surface area contributed by atoms with Crippen molar-refractivity contribution >= 4 is 11.8 Å². The van der Waals surface area contributed by atoms with E-state index in [0.717, 1.165) is 25.2 Å². The van der Waals surface area contributed by atoms with E-state index in [4.69, 9.17) is 0 Å². The Bertz CT molecular complexity index is 250. The second-order valence-electron chi connectivity index (χ2n) is 2.29. The lowest BCUT2D eigenvalue weighted by molar-refractivity contribution is 0.881. The average molecular weight is 152 g/mol. The van der Waals surface area contributed by atoms with E-state index in [1.54, 1.807) is 0 Å². The molecule has 0 atom stereocenters. The van der Waals surface area contributed by atoms with Crippen LogP contribution in [0, 0.1) is 0 Å². The largest absolute Gasteiger partial charge is 0.310 e. The predicted molar refractivity (Wildman–Crippen MR) is 39.3 cm³/mol. The van der Waals surface area contributed by atoms with Crippen molar-refractivity contribution in [1.82, 2.24) is 20.6 Å². The molecule has 0 fully saturated rings. The fourth-order valence-corrected chi connectivity index (χ4v) is 0.985. The van der Waals surface area contributed by atoms with Crippen LogP contribution in [0.2, 0.25) is 0 Å². The van der Waals surface area contributed by atoms with Gasteiger partial charge in [0.25, 0.3) is 5.95 Å². The van der Waals surface area contributed by atoms with Crippen LogP contribution in [0.15, 0.2) is 4.99 Å². The molecule has 0 radical (unpaired) electrons. The molecule has 2 rings (SSSR count). The second kappa shape index (κ2) is 2.65. The Kier molecular flexibility index (Phi) is 1.51. The molecule has 58 valence electrons. The van der Waals surface area contributed by atoms with Crippen molar-refractivity contribution < 1.29 is 0 Å². The summed E-state index contributed by atoms with van der Waals surface area (Å²) in [7, 11) is 0. The second-order valence-corrected chi connectivity index (χ2v) is 2.29. The lowest BCUT2D eigenvalue weighted by Gasteiger charge is -1.96. The molecule has 1 aromatic heterocycles. The maximum absolute atomic E-state index is 4.19. The highest BCUT2D eigenvalue weighted by Gasteiger charge is 2.07. The molecule has 0 aromatic carbocycles. The summed E-state index contributed by atoms with van der Waals surface area (Å²) < 4.78 is 0. The molecule has 6 nitrogen and oxygen atoms in total. The number of aromatic nitrogens is 4. The van der Waals surface area contributed by atoms with Crippen LogP contribution in [0.5, 0.6) is 0 Å². The molecule has 0 bridgehead atoms. The molecule has 0 saturated heterocycles. The van der Waals surface area contributed by atoms with Gasteiger partial charge in [-0.15, -0.1) is 5.10 Å². The van der Waals surface area contributed by atoms with Gasteiger partial charge in [0.15, 0.2) is 0 Å². The van der Waals surface area contributed by atoms with E-state index >= 15 is 0 Å². The molecule has 0 amide bonds. The Hall–Kier alpha value is -1.46. The van der Waals surface area contributed by atoms with Crippen molar-refractivity contribution in [3.05, 3.63) is 0 Å². The van der Waals surface area contributed by atoms with Crippen LogP contribution in [0.3, 0.4) is 0 Å². The Morgan fingerprint density at radius 2 is 2.45 bits per heavy atom. The normalized spacial score (nSPS) is 16.5. The zero-order chi connectivity index (χ0) is 7.52. The van der Waals surface area contributed by atoms with Gasteiger partial charge in [-0.1, -0.05) is 5.10 Å². The number of hydrogen-bond donors (Lipinski definition) is 2. The summed E-state index contributed by atoms with van der Waals surface area (Å²) in [5.74, 6) is 1.44. The number of hydrogen-bond acceptors (Lipinski definition) is 5. The summed E-state index contributed by atoms with van der Waals surface area (Å²) in [5.41, 5.74) is 0. The van der Waals surface area contributed by atoms with Gasteiger partial charge in [0, 0.05) is 13.0 Å². The highest BCUT2D eigenvalue weighted by Crippen LogP contribution is 2.04. The van der Waals surface area contributed by atoms with Gasteiger partial charge >= 0.3 is 0 Å². The standard InChI is InChI=1S/C5H8N6/c1-2-4(6-3-1)7-5-8-10-11-9-5/h1-3H2,(H2,6,7,8,9,10,11). The summed E-state index contributed by atoms with van der Waals surface area (Å²) in [6, 6.07) is 0. The summed E-state index contributed by atoms with van der Waals surface area (Å²) in [6.45, 7) is 0.903. The highest BCUT2D eigenvalue weighted by atomic mass is 15.5. The molecular weight excluding hydrogens is 144 g/mol. The molecule has 1 aromatic rings. The minimum Gasteiger partial charge on any atom is -0.310 e. The summed E-state index contributed by atoms with van der Waals surface area (Å²) >= 11 is 0. The van der Waals surface area contributed by atoms with E-state index in [2.05, 4.69) is 30.9 Å². The van der Waals surface area contributed by atoms with E-state index in [1.807, 2.05) is 0 Å². The lowest BCUT2D eigenvalue weighted by atomic mass is 10.3. The number of nitrogens with zero attached hydrogens (tertiary/aromatic N) is 4. The molecule has 2 N–H and O–H groups in total. The van der Waals surface area contributed by atoms with Gasteiger partial charge in [-0.3, -0.25) is 4.99 Å². The Morgan fingerprint density at radius 3 is 3.09 bits per heavy atom. The molecule has 0 aliphatic carbocycles. The van der Waals surface area contributed by atoms with Gasteiger partial charge in [0.1, 0.15) is 5.84 Å². The minimum atomic E-state index is 0.491. The molecule has 0 saturated carbocycles.